The minimum atomic E-state index is -2.84. The molecule has 0 saturated carbocycles. The van der Waals surface area contributed by atoms with Gasteiger partial charge in [0.05, 0.1) is 22.5 Å². The molecular formula is C14H18N2O4S. The Balaban J connectivity index is 2.25. The van der Waals surface area contributed by atoms with Gasteiger partial charge in [-0.2, -0.15) is 0 Å². The summed E-state index contributed by atoms with van der Waals surface area (Å²) in [6.45, 7) is 3.23. The zero-order valence-electron chi connectivity index (χ0n) is 11.7. The number of carboxylic acid groups (broad SMARTS) is 1. The van der Waals surface area contributed by atoms with Crippen LogP contribution in [-0.2, 0) is 6.54 Å². The second-order valence-corrected chi connectivity index (χ2v) is 7.24. The van der Waals surface area contributed by atoms with Crippen LogP contribution in [0, 0.1) is 0 Å². The van der Waals surface area contributed by atoms with Crippen molar-refractivity contribution in [3.8, 4) is 0 Å². The Kier molecular flexibility index (Phi) is 3.35. The Morgan fingerprint density at radius 3 is 2.71 bits per heavy atom. The number of carbonyl (C=O) groups is 1. The standard InChI is InChI=1S/C14H18N2O4S/c1-2-15-6-4-11-12(15)8-10(14(17)18)9-13(11)16-5-3-7-21(16,19)20/h4,6,8-9,19-20H,2-3,5,7H2,1H3,(H,17,18). The number of fused-ring (bicyclic) bond motifs is 1. The maximum absolute atomic E-state index is 11.3. The SMILES string of the molecule is CCn1ccc2c(N3CCCS3(O)O)cc(C(=O)O)cc21. The molecule has 0 unspecified atom stereocenters. The minimum absolute atomic E-state index is 0.160. The second-order valence-electron chi connectivity index (χ2n) is 5.13. The molecule has 3 N–H and O–H groups in total. The van der Waals surface area contributed by atoms with Crippen molar-refractivity contribution < 1.29 is 19.0 Å². The number of nitrogens with zero attached hydrogens (tertiary/aromatic N) is 2. The lowest BCUT2D eigenvalue weighted by Crippen LogP contribution is -2.22. The van der Waals surface area contributed by atoms with Gasteiger partial charge in [0.2, 0.25) is 0 Å². The summed E-state index contributed by atoms with van der Waals surface area (Å²) in [4.78, 5) is 11.3. The lowest BCUT2D eigenvalue weighted by molar-refractivity contribution is 0.0697. The van der Waals surface area contributed by atoms with Gasteiger partial charge in [-0.15, -0.1) is 10.8 Å². The van der Waals surface area contributed by atoms with E-state index in [-0.39, 0.29) is 5.56 Å². The van der Waals surface area contributed by atoms with Crippen LogP contribution < -0.4 is 4.31 Å². The topological polar surface area (TPSA) is 85.9 Å². The third-order valence-corrected chi connectivity index (χ3v) is 5.78. The molecule has 2 aromatic rings. The summed E-state index contributed by atoms with van der Waals surface area (Å²) in [6, 6.07) is 5.06. The third kappa shape index (κ3) is 2.27. The lowest BCUT2D eigenvalue weighted by Gasteiger charge is -2.38. The zero-order valence-corrected chi connectivity index (χ0v) is 12.5. The maximum Gasteiger partial charge on any atom is 0.335 e. The molecule has 21 heavy (non-hydrogen) atoms. The average Bonchev–Trinajstić information content (AvgIpc) is 3.00. The third-order valence-electron chi connectivity index (χ3n) is 3.86. The summed E-state index contributed by atoms with van der Waals surface area (Å²) in [5, 5.41) is 10.1. The lowest BCUT2D eigenvalue weighted by atomic mass is 10.1. The Morgan fingerprint density at radius 1 is 1.38 bits per heavy atom. The van der Waals surface area contributed by atoms with Gasteiger partial charge < -0.3 is 9.67 Å². The van der Waals surface area contributed by atoms with Crippen LogP contribution in [0.4, 0.5) is 5.69 Å². The fourth-order valence-corrected chi connectivity index (χ4v) is 4.44. The molecule has 2 heterocycles. The van der Waals surface area contributed by atoms with Crippen molar-refractivity contribution in [2.45, 2.75) is 19.9 Å². The highest BCUT2D eigenvalue weighted by Crippen LogP contribution is 2.52. The number of aryl methyl sites for hydroxylation is 1. The van der Waals surface area contributed by atoms with Gasteiger partial charge in [-0.25, -0.2) is 4.79 Å². The molecule has 0 aliphatic carbocycles. The van der Waals surface area contributed by atoms with E-state index in [0.717, 1.165) is 17.4 Å². The quantitative estimate of drug-likeness (QED) is 0.810. The summed E-state index contributed by atoms with van der Waals surface area (Å²) in [7, 11) is -2.84. The number of anilines is 1. The molecule has 0 amide bonds. The fourth-order valence-electron chi connectivity index (χ4n) is 2.82. The Morgan fingerprint density at radius 2 is 2.14 bits per heavy atom. The van der Waals surface area contributed by atoms with E-state index in [9.17, 15) is 19.0 Å². The van der Waals surface area contributed by atoms with Gasteiger partial charge in [-0.1, -0.05) is 0 Å². The molecule has 1 aliphatic rings. The van der Waals surface area contributed by atoms with Crippen LogP contribution in [-0.4, -0.2) is 37.0 Å². The number of carboxylic acids is 1. The second kappa shape index (κ2) is 4.94. The molecule has 3 rings (SSSR count). The van der Waals surface area contributed by atoms with Gasteiger partial charge in [0.15, 0.2) is 0 Å². The van der Waals surface area contributed by atoms with Crippen LogP contribution >= 0.6 is 10.8 Å². The summed E-state index contributed by atoms with van der Waals surface area (Å²) >= 11 is 0. The summed E-state index contributed by atoms with van der Waals surface area (Å²) < 4.78 is 23.9. The number of hydrogen-bond donors (Lipinski definition) is 3. The first-order valence-electron chi connectivity index (χ1n) is 6.84. The monoisotopic (exact) mass is 310 g/mol. The highest BCUT2D eigenvalue weighted by Gasteiger charge is 2.31. The highest BCUT2D eigenvalue weighted by atomic mass is 32.3. The molecule has 0 atom stereocenters. The number of aromatic carboxylic acids is 1. The van der Waals surface area contributed by atoms with Crippen molar-refractivity contribution in [2.24, 2.45) is 0 Å². The van der Waals surface area contributed by atoms with Crippen LogP contribution in [0.2, 0.25) is 0 Å². The van der Waals surface area contributed by atoms with Gasteiger partial charge in [0, 0.05) is 24.7 Å². The van der Waals surface area contributed by atoms with E-state index in [2.05, 4.69) is 0 Å². The summed E-state index contributed by atoms with van der Waals surface area (Å²) in [5.74, 6) is -0.682. The number of hydrogen-bond acceptors (Lipinski definition) is 4. The van der Waals surface area contributed by atoms with Crippen molar-refractivity contribution in [3.05, 3.63) is 30.0 Å². The largest absolute Gasteiger partial charge is 0.478 e. The molecule has 1 aromatic carbocycles. The van der Waals surface area contributed by atoms with Crippen LogP contribution in [0.1, 0.15) is 23.7 Å². The number of benzene rings is 1. The Bertz CT molecular complexity index is 710. The van der Waals surface area contributed by atoms with E-state index in [0.29, 0.717) is 24.4 Å². The van der Waals surface area contributed by atoms with Crippen molar-refractivity contribution in [1.29, 1.82) is 0 Å². The van der Waals surface area contributed by atoms with Crippen molar-refractivity contribution in [3.63, 3.8) is 0 Å². The highest BCUT2D eigenvalue weighted by molar-refractivity contribution is 8.25. The molecule has 1 saturated heterocycles. The van der Waals surface area contributed by atoms with Gasteiger partial charge in [0.25, 0.3) is 0 Å². The van der Waals surface area contributed by atoms with Gasteiger partial charge in [-0.05, 0) is 31.5 Å². The molecule has 6 nitrogen and oxygen atoms in total. The minimum Gasteiger partial charge on any atom is -0.478 e. The van der Waals surface area contributed by atoms with E-state index in [4.69, 9.17) is 0 Å². The molecule has 0 radical (unpaired) electrons. The van der Waals surface area contributed by atoms with Crippen molar-refractivity contribution >= 4 is 33.3 Å². The zero-order chi connectivity index (χ0) is 15.2. The van der Waals surface area contributed by atoms with E-state index in [1.165, 1.54) is 6.07 Å². The predicted octanol–water partition coefficient (Wildman–Crippen LogP) is 3.24. The molecular weight excluding hydrogens is 292 g/mol. The first kappa shape index (κ1) is 14.2. The van der Waals surface area contributed by atoms with Gasteiger partial charge in [-0.3, -0.25) is 13.4 Å². The number of rotatable bonds is 3. The van der Waals surface area contributed by atoms with E-state index in [1.807, 2.05) is 23.8 Å². The molecule has 0 bridgehead atoms. The van der Waals surface area contributed by atoms with Crippen molar-refractivity contribution in [2.75, 3.05) is 16.6 Å². The molecule has 114 valence electrons. The van der Waals surface area contributed by atoms with Gasteiger partial charge in [0.1, 0.15) is 0 Å². The molecule has 7 heteroatoms. The maximum atomic E-state index is 11.3. The van der Waals surface area contributed by atoms with Crippen LogP contribution in [0.25, 0.3) is 10.9 Å². The molecule has 0 spiro atoms. The molecule has 1 fully saturated rings. The Labute approximate surface area is 124 Å². The van der Waals surface area contributed by atoms with E-state index >= 15 is 0 Å². The average molecular weight is 310 g/mol. The Hall–Kier alpha value is -1.70. The normalized spacial score (nSPS) is 19.1. The van der Waals surface area contributed by atoms with Crippen LogP contribution in [0.5, 0.6) is 0 Å². The van der Waals surface area contributed by atoms with Crippen LogP contribution in [0.15, 0.2) is 24.4 Å². The van der Waals surface area contributed by atoms with Gasteiger partial charge >= 0.3 is 5.97 Å². The van der Waals surface area contributed by atoms with E-state index < -0.39 is 16.7 Å². The van der Waals surface area contributed by atoms with Crippen LogP contribution in [0.3, 0.4) is 0 Å². The predicted molar refractivity (Wildman–Crippen MR) is 84.2 cm³/mol. The smallest absolute Gasteiger partial charge is 0.335 e. The molecule has 1 aromatic heterocycles. The fraction of sp³-hybridized carbons (Fsp3) is 0.357. The van der Waals surface area contributed by atoms with Crippen molar-refractivity contribution in [1.82, 2.24) is 4.57 Å². The summed E-state index contributed by atoms with van der Waals surface area (Å²) in [5.41, 5.74) is 1.55. The summed E-state index contributed by atoms with van der Waals surface area (Å²) in [6.07, 6.45) is 2.58. The molecule has 1 aliphatic heterocycles. The number of aromatic nitrogens is 1. The first-order chi connectivity index (χ1) is 9.94. The van der Waals surface area contributed by atoms with E-state index in [1.54, 1.807) is 10.4 Å². The first-order valence-corrected chi connectivity index (χ1v) is 8.51.